The fourth-order valence-electron chi connectivity index (χ4n) is 3.73. The van der Waals surface area contributed by atoms with Crippen molar-refractivity contribution < 1.29 is 13.2 Å². The molecule has 3 rings (SSSR count). The van der Waals surface area contributed by atoms with E-state index in [9.17, 15) is 13.2 Å². The molecule has 7 nitrogen and oxygen atoms in total. The Labute approximate surface area is 162 Å². The van der Waals surface area contributed by atoms with Crippen LogP contribution in [-0.2, 0) is 21.5 Å². The summed E-state index contributed by atoms with van der Waals surface area (Å²) in [5.41, 5.74) is 2.29. The van der Waals surface area contributed by atoms with Crippen LogP contribution in [0.25, 0.3) is 0 Å². The number of rotatable bonds is 6. The first kappa shape index (κ1) is 20.1. The highest BCUT2D eigenvalue weighted by Crippen LogP contribution is 2.22. The number of carbonyl (C=O) groups is 1. The fourth-order valence-corrected chi connectivity index (χ4v) is 4.92. The number of hydrogen-bond donors (Lipinski definition) is 1. The molecule has 8 heteroatoms. The number of carbonyl (C=O) groups excluding carboxylic acids is 1. The van der Waals surface area contributed by atoms with Crippen molar-refractivity contribution in [3.8, 4) is 0 Å². The monoisotopic (exact) mass is 394 g/mol. The quantitative estimate of drug-likeness (QED) is 0.792. The summed E-state index contributed by atoms with van der Waals surface area (Å²) < 4.78 is 27.2. The number of nitrogens with zero attached hydrogens (tertiary/aromatic N) is 3. The highest BCUT2D eigenvalue weighted by molar-refractivity contribution is 7.86. The zero-order valence-electron chi connectivity index (χ0n) is 16.2. The van der Waals surface area contributed by atoms with Crippen LogP contribution in [-0.4, -0.2) is 63.2 Å². The summed E-state index contributed by atoms with van der Waals surface area (Å²) in [7, 11) is -0.427. The zero-order valence-corrected chi connectivity index (χ0v) is 17.0. The molecule has 1 atom stereocenters. The first-order chi connectivity index (χ1) is 12.9. The maximum absolute atomic E-state index is 12.5. The van der Waals surface area contributed by atoms with E-state index in [2.05, 4.69) is 34.5 Å². The van der Waals surface area contributed by atoms with Gasteiger partial charge >= 0.3 is 0 Å². The largest absolute Gasteiger partial charge is 0.372 e. The standard InChI is InChI=1S/C19H30N4O3S/c1-21(2)27(25,26)23-13-5-6-17(15-23)19(24)20-14-16-7-9-18(10-8-16)22-11-3-4-12-22/h7-10,17H,3-6,11-15H2,1-2H3,(H,20,24)/t17-/m1/s1. The van der Waals surface area contributed by atoms with Crippen LogP contribution in [0.5, 0.6) is 0 Å². The molecule has 0 unspecified atom stereocenters. The first-order valence-electron chi connectivity index (χ1n) is 9.67. The minimum Gasteiger partial charge on any atom is -0.372 e. The Bertz CT molecular complexity index is 743. The van der Waals surface area contributed by atoms with Crippen LogP contribution in [0.1, 0.15) is 31.2 Å². The molecule has 150 valence electrons. The molecule has 0 aromatic heterocycles. The zero-order chi connectivity index (χ0) is 19.4. The smallest absolute Gasteiger partial charge is 0.281 e. The average molecular weight is 395 g/mol. The van der Waals surface area contributed by atoms with Crippen molar-refractivity contribution in [3.05, 3.63) is 29.8 Å². The minimum atomic E-state index is -3.46. The van der Waals surface area contributed by atoms with Crippen LogP contribution in [0.2, 0.25) is 0 Å². The SMILES string of the molecule is CN(C)S(=O)(=O)N1CCC[C@@H](C(=O)NCc2ccc(N3CCCC3)cc2)C1. The molecule has 0 radical (unpaired) electrons. The number of benzene rings is 1. The van der Waals surface area contributed by atoms with Gasteiger partial charge in [0.2, 0.25) is 5.91 Å². The van der Waals surface area contributed by atoms with Crippen molar-refractivity contribution in [3.63, 3.8) is 0 Å². The Balaban J connectivity index is 1.52. The second-order valence-corrected chi connectivity index (χ2v) is 9.71. The lowest BCUT2D eigenvalue weighted by Gasteiger charge is -2.32. The van der Waals surface area contributed by atoms with Crippen molar-refractivity contribution >= 4 is 21.8 Å². The molecule has 2 aliphatic rings. The first-order valence-corrected chi connectivity index (χ1v) is 11.1. The molecule has 0 spiro atoms. The lowest BCUT2D eigenvalue weighted by molar-refractivity contribution is -0.126. The molecular weight excluding hydrogens is 364 g/mol. The van der Waals surface area contributed by atoms with Gasteiger partial charge < -0.3 is 10.2 Å². The van der Waals surface area contributed by atoms with E-state index < -0.39 is 10.2 Å². The molecule has 1 aromatic rings. The number of hydrogen-bond acceptors (Lipinski definition) is 4. The van der Waals surface area contributed by atoms with Gasteiger partial charge in [0.1, 0.15) is 0 Å². The number of piperidine rings is 1. The number of nitrogens with one attached hydrogen (secondary N) is 1. The topological polar surface area (TPSA) is 73.0 Å². The summed E-state index contributed by atoms with van der Waals surface area (Å²) in [5, 5.41) is 2.97. The van der Waals surface area contributed by atoms with Gasteiger partial charge in [-0.05, 0) is 43.4 Å². The predicted molar refractivity (Wildman–Crippen MR) is 107 cm³/mol. The summed E-state index contributed by atoms with van der Waals surface area (Å²) in [6.07, 6.45) is 3.92. The van der Waals surface area contributed by atoms with Crippen LogP contribution < -0.4 is 10.2 Å². The van der Waals surface area contributed by atoms with E-state index in [4.69, 9.17) is 0 Å². The second kappa shape index (κ2) is 8.58. The van der Waals surface area contributed by atoms with Crippen molar-refractivity contribution in [2.24, 2.45) is 5.92 Å². The van der Waals surface area contributed by atoms with Gasteiger partial charge in [-0.2, -0.15) is 17.0 Å². The Morgan fingerprint density at radius 2 is 1.78 bits per heavy atom. The third-order valence-corrected chi connectivity index (χ3v) is 7.32. The molecule has 0 saturated carbocycles. The maximum atomic E-state index is 12.5. The van der Waals surface area contributed by atoms with Gasteiger partial charge in [0.15, 0.2) is 0 Å². The lowest BCUT2D eigenvalue weighted by atomic mass is 9.99. The fraction of sp³-hybridized carbons (Fsp3) is 0.632. The van der Waals surface area contributed by atoms with Gasteiger partial charge in [-0.1, -0.05) is 12.1 Å². The summed E-state index contributed by atoms with van der Waals surface area (Å²) in [6.45, 7) is 3.42. The average Bonchev–Trinajstić information content (AvgIpc) is 3.21. The Morgan fingerprint density at radius 3 is 2.41 bits per heavy atom. The molecule has 1 amide bonds. The van der Waals surface area contributed by atoms with Crippen molar-refractivity contribution in [2.75, 3.05) is 45.2 Å². The molecule has 2 heterocycles. The van der Waals surface area contributed by atoms with Gasteiger partial charge in [-0.15, -0.1) is 0 Å². The Kier molecular flexibility index (Phi) is 6.39. The lowest BCUT2D eigenvalue weighted by Crippen LogP contribution is -2.48. The number of anilines is 1. The maximum Gasteiger partial charge on any atom is 0.281 e. The van der Waals surface area contributed by atoms with Crippen molar-refractivity contribution in [1.29, 1.82) is 0 Å². The van der Waals surface area contributed by atoms with Crippen LogP contribution in [0.4, 0.5) is 5.69 Å². The van der Waals surface area contributed by atoms with E-state index in [1.807, 2.05) is 0 Å². The van der Waals surface area contributed by atoms with Gasteiger partial charge in [0.25, 0.3) is 10.2 Å². The van der Waals surface area contributed by atoms with Gasteiger partial charge in [0, 0.05) is 52.5 Å². The molecule has 0 bridgehead atoms. The van der Waals surface area contributed by atoms with Gasteiger partial charge in [0.05, 0.1) is 5.92 Å². The Hall–Kier alpha value is -1.64. The summed E-state index contributed by atoms with van der Waals surface area (Å²) in [6, 6.07) is 8.33. The van der Waals surface area contributed by atoms with E-state index >= 15 is 0 Å². The number of amides is 1. The van der Waals surface area contributed by atoms with Gasteiger partial charge in [-0.3, -0.25) is 4.79 Å². The van der Waals surface area contributed by atoms with Crippen LogP contribution in [0.15, 0.2) is 24.3 Å². The van der Waals surface area contributed by atoms with Crippen LogP contribution in [0, 0.1) is 5.92 Å². The highest BCUT2D eigenvalue weighted by atomic mass is 32.2. The van der Waals surface area contributed by atoms with Crippen LogP contribution in [0.3, 0.4) is 0 Å². The summed E-state index contributed by atoms with van der Waals surface area (Å²) >= 11 is 0. The van der Waals surface area contributed by atoms with Gasteiger partial charge in [-0.25, -0.2) is 0 Å². The molecule has 27 heavy (non-hydrogen) atoms. The highest BCUT2D eigenvalue weighted by Gasteiger charge is 2.33. The normalized spacial score (nSPS) is 21.6. The predicted octanol–water partition coefficient (Wildman–Crippen LogP) is 1.42. The van der Waals surface area contributed by atoms with E-state index in [0.29, 0.717) is 19.5 Å². The molecule has 2 aliphatic heterocycles. The molecule has 2 fully saturated rings. The second-order valence-electron chi connectivity index (χ2n) is 7.57. The molecular formula is C19H30N4O3S. The minimum absolute atomic E-state index is 0.0720. The third-order valence-electron chi connectivity index (χ3n) is 5.42. The third kappa shape index (κ3) is 4.80. The molecule has 2 saturated heterocycles. The molecule has 0 aliphatic carbocycles. The van der Waals surface area contributed by atoms with E-state index in [-0.39, 0.29) is 18.4 Å². The van der Waals surface area contributed by atoms with Crippen LogP contribution >= 0.6 is 0 Å². The summed E-state index contributed by atoms with van der Waals surface area (Å²) in [4.78, 5) is 14.9. The molecule has 1 N–H and O–H groups in total. The van der Waals surface area contributed by atoms with E-state index in [0.717, 1.165) is 25.1 Å². The van der Waals surface area contributed by atoms with Crippen molar-refractivity contribution in [2.45, 2.75) is 32.2 Å². The van der Waals surface area contributed by atoms with E-state index in [1.54, 1.807) is 0 Å². The van der Waals surface area contributed by atoms with E-state index in [1.165, 1.54) is 41.2 Å². The van der Waals surface area contributed by atoms with Crippen molar-refractivity contribution in [1.82, 2.24) is 13.9 Å². The molecule has 1 aromatic carbocycles. The Morgan fingerprint density at radius 1 is 1.11 bits per heavy atom. The summed E-state index contributed by atoms with van der Waals surface area (Å²) in [5.74, 6) is -0.366.